The largest absolute Gasteiger partial charge is 0.409 e. The molecule has 1 saturated carbocycles. The molecule has 0 aromatic rings. The molecule has 1 aliphatic carbocycles. The number of unbranched alkanes of at least 4 members (excludes halogenated alkanes) is 1. The number of hydrogen-bond donors (Lipinski definition) is 3. The van der Waals surface area contributed by atoms with Crippen molar-refractivity contribution in [2.75, 3.05) is 6.54 Å². The Morgan fingerprint density at radius 1 is 1.27 bits per heavy atom. The van der Waals surface area contributed by atoms with E-state index in [4.69, 9.17) is 10.9 Å². The van der Waals surface area contributed by atoms with E-state index in [1.807, 2.05) is 0 Å². The van der Waals surface area contributed by atoms with Crippen molar-refractivity contribution in [3.8, 4) is 0 Å². The highest BCUT2D eigenvalue weighted by Gasteiger charge is 2.11. The van der Waals surface area contributed by atoms with Gasteiger partial charge in [0.1, 0.15) is 5.84 Å². The van der Waals surface area contributed by atoms with Gasteiger partial charge in [-0.25, -0.2) is 0 Å². The molecular weight excluding hydrogens is 190 g/mol. The van der Waals surface area contributed by atoms with E-state index in [0.29, 0.717) is 12.3 Å². The van der Waals surface area contributed by atoms with E-state index >= 15 is 0 Å². The summed E-state index contributed by atoms with van der Waals surface area (Å²) in [4.78, 5) is 0. The monoisotopic (exact) mass is 213 g/mol. The fourth-order valence-corrected chi connectivity index (χ4v) is 2.09. The van der Waals surface area contributed by atoms with Crippen molar-refractivity contribution in [2.24, 2.45) is 10.9 Å². The Morgan fingerprint density at radius 3 is 2.67 bits per heavy atom. The van der Waals surface area contributed by atoms with E-state index in [1.165, 1.54) is 32.1 Å². The summed E-state index contributed by atoms with van der Waals surface area (Å²) >= 11 is 0. The summed E-state index contributed by atoms with van der Waals surface area (Å²) in [6.45, 7) is 1.06. The van der Waals surface area contributed by atoms with Crippen LogP contribution in [0.3, 0.4) is 0 Å². The molecule has 15 heavy (non-hydrogen) atoms. The zero-order valence-corrected chi connectivity index (χ0v) is 9.41. The highest BCUT2D eigenvalue weighted by atomic mass is 16.4. The summed E-state index contributed by atoms with van der Waals surface area (Å²) in [5.74, 6) is 0.340. The van der Waals surface area contributed by atoms with Gasteiger partial charge in [-0.2, -0.15) is 0 Å². The Bertz CT molecular complexity index is 188. The number of oxime groups is 1. The van der Waals surface area contributed by atoms with Crippen molar-refractivity contribution < 1.29 is 5.21 Å². The predicted molar refractivity (Wildman–Crippen MR) is 62.1 cm³/mol. The fourth-order valence-electron chi connectivity index (χ4n) is 2.09. The molecular formula is C11H23N3O. The number of rotatable bonds is 6. The molecule has 0 amide bonds. The van der Waals surface area contributed by atoms with Crippen molar-refractivity contribution in [1.29, 1.82) is 0 Å². The summed E-state index contributed by atoms with van der Waals surface area (Å²) in [6.07, 6.45) is 9.62. The van der Waals surface area contributed by atoms with Crippen molar-refractivity contribution in [2.45, 2.75) is 57.4 Å². The maximum atomic E-state index is 8.34. The lowest BCUT2D eigenvalue weighted by Gasteiger charge is -2.22. The highest BCUT2D eigenvalue weighted by Crippen LogP contribution is 2.17. The van der Waals surface area contributed by atoms with Crippen LogP contribution in [-0.4, -0.2) is 23.6 Å². The SMILES string of the molecule is NC(CCCCNC1CCCCC1)=NO. The Morgan fingerprint density at radius 2 is 2.00 bits per heavy atom. The Labute approximate surface area is 91.9 Å². The Kier molecular flexibility index (Phi) is 6.16. The first-order valence-electron chi connectivity index (χ1n) is 6.02. The van der Waals surface area contributed by atoms with Crippen LogP contribution >= 0.6 is 0 Å². The van der Waals surface area contributed by atoms with Crippen LogP contribution < -0.4 is 11.1 Å². The van der Waals surface area contributed by atoms with Gasteiger partial charge in [0.15, 0.2) is 0 Å². The molecule has 0 heterocycles. The van der Waals surface area contributed by atoms with Crippen LogP contribution in [0.15, 0.2) is 5.16 Å². The average molecular weight is 213 g/mol. The number of nitrogens with zero attached hydrogens (tertiary/aromatic N) is 1. The van der Waals surface area contributed by atoms with Crippen LogP contribution in [0.4, 0.5) is 0 Å². The molecule has 0 saturated heterocycles. The molecule has 0 atom stereocenters. The van der Waals surface area contributed by atoms with Crippen molar-refractivity contribution in [3.05, 3.63) is 0 Å². The molecule has 1 aliphatic rings. The summed E-state index contributed by atoms with van der Waals surface area (Å²) in [6, 6.07) is 0.739. The van der Waals surface area contributed by atoms with Gasteiger partial charge in [0, 0.05) is 12.5 Å². The first-order valence-corrected chi connectivity index (χ1v) is 6.02. The van der Waals surface area contributed by atoms with Gasteiger partial charge in [0.05, 0.1) is 0 Å². The molecule has 4 nitrogen and oxygen atoms in total. The Balaban J connectivity index is 1.92. The molecule has 4 N–H and O–H groups in total. The van der Waals surface area contributed by atoms with E-state index in [1.54, 1.807) is 0 Å². The standard InChI is InChI=1S/C11H23N3O/c12-11(14-15)8-4-5-9-13-10-6-2-1-3-7-10/h10,13,15H,1-9H2,(H2,12,14). The Hall–Kier alpha value is -0.770. The second-order valence-corrected chi connectivity index (χ2v) is 4.34. The number of amidine groups is 1. The lowest BCUT2D eigenvalue weighted by Crippen LogP contribution is -2.31. The third-order valence-electron chi connectivity index (χ3n) is 3.03. The zero-order valence-electron chi connectivity index (χ0n) is 9.41. The van der Waals surface area contributed by atoms with Gasteiger partial charge in [-0.15, -0.1) is 0 Å². The van der Waals surface area contributed by atoms with Gasteiger partial charge in [-0.3, -0.25) is 0 Å². The van der Waals surface area contributed by atoms with Crippen LogP contribution in [0.5, 0.6) is 0 Å². The van der Waals surface area contributed by atoms with E-state index in [-0.39, 0.29) is 0 Å². The molecule has 0 spiro atoms. The minimum Gasteiger partial charge on any atom is -0.409 e. The molecule has 0 aliphatic heterocycles. The maximum Gasteiger partial charge on any atom is 0.139 e. The topological polar surface area (TPSA) is 70.6 Å². The molecule has 0 unspecified atom stereocenters. The fraction of sp³-hybridized carbons (Fsp3) is 0.909. The predicted octanol–water partition coefficient (Wildman–Crippen LogP) is 1.83. The molecule has 0 bridgehead atoms. The van der Waals surface area contributed by atoms with Crippen molar-refractivity contribution >= 4 is 5.84 Å². The van der Waals surface area contributed by atoms with E-state index < -0.39 is 0 Å². The van der Waals surface area contributed by atoms with Crippen LogP contribution in [-0.2, 0) is 0 Å². The first kappa shape index (κ1) is 12.3. The molecule has 1 rings (SSSR count). The number of nitrogens with one attached hydrogen (secondary N) is 1. The molecule has 0 aromatic carbocycles. The molecule has 88 valence electrons. The van der Waals surface area contributed by atoms with Crippen LogP contribution in [0, 0.1) is 0 Å². The third kappa shape index (κ3) is 5.62. The van der Waals surface area contributed by atoms with Crippen LogP contribution in [0.2, 0.25) is 0 Å². The third-order valence-corrected chi connectivity index (χ3v) is 3.03. The van der Waals surface area contributed by atoms with E-state index in [9.17, 15) is 0 Å². The van der Waals surface area contributed by atoms with Crippen LogP contribution in [0.1, 0.15) is 51.4 Å². The van der Waals surface area contributed by atoms with Crippen LogP contribution in [0.25, 0.3) is 0 Å². The van der Waals surface area contributed by atoms with Gasteiger partial charge in [0.25, 0.3) is 0 Å². The minimum absolute atomic E-state index is 0.340. The molecule has 4 heteroatoms. The number of nitrogens with two attached hydrogens (primary N) is 1. The summed E-state index contributed by atoms with van der Waals surface area (Å²) in [5, 5.41) is 14.9. The van der Waals surface area contributed by atoms with Crippen molar-refractivity contribution in [1.82, 2.24) is 5.32 Å². The van der Waals surface area contributed by atoms with E-state index in [2.05, 4.69) is 10.5 Å². The second kappa shape index (κ2) is 7.51. The first-order chi connectivity index (χ1) is 7.33. The van der Waals surface area contributed by atoms with E-state index in [0.717, 1.165) is 25.4 Å². The quantitative estimate of drug-likeness (QED) is 0.207. The summed E-state index contributed by atoms with van der Waals surface area (Å²) in [5.41, 5.74) is 5.38. The van der Waals surface area contributed by atoms with Gasteiger partial charge in [0.2, 0.25) is 0 Å². The second-order valence-electron chi connectivity index (χ2n) is 4.34. The number of hydrogen-bond acceptors (Lipinski definition) is 3. The normalized spacial score (nSPS) is 19.3. The summed E-state index contributed by atoms with van der Waals surface area (Å²) < 4.78 is 0. The smallest absolute Gasteiger partial charge is 0.139 e. The average Bonchev–Trinajstić information content (AvgIpc) is 2.29. The maximum absolute atomic E-state index is 8.34. The minimum atomic E-state index is 0.340. The lowest BCUT2D eigenvalue weighted by atomic mass is 9.95. The van der Waals surface area contributed by atoms with Crippen molar-refractivity contribution in [3.63, 3.8) is 0 Å². The summed E-state index contributed by atoms with van der Waals surface area (Å²) in [7, 11) is 0. The molecule has 0 aromatic heterocycles. The molecule has 0 radical (unpaired) electrons. The lowest BCUT2D eigenvalue weighted by molar-refractivity contribution is 0.316. The van der Waals surface area contributed by atoms with Gasteiger partial charge >= 0.3 is 0 Å². The zero-order chi connectivity index (χ0) is 10.9. The van der Waals surface area contributed by atoms with Gasteiger partial charge in [-0.1, -0.05) is 24.4 Å². The van der Waals surface area contributed by atoms with Gasteiger partial charge < -0.3 is 16.3 Å². The highest BCUT2D eigenvalue weighted by molar-refractivity contribution is 5.79. The molecule has 1 fully saturated rings. The van der Waals surface area contributed by atoms with Gasteiger partial charge in [-0.05, 0) is 32.2 Å².